The Labute approximate surface area is 119 Å². The molecular formula is C15H22BrNO. The van der Waals surface area contributed by atoms with Crippen molar-refractivity contribution in [2.45, 2.75) is 39.3 Å². The summed E-state index contributed by atoms with van der Waals surface area (Å²) in [4.78, 5) is 0. The van der Waals surface area contributed by atoms with E-state index in [2.05, 4.69) is 47.7 Å². The molecule has 0 spiro atoms. The number of halogens is 1. The zero-order valence-electron chi connectivity index (χ0n) is 11.4. The van der Waals surface area contributed by atoms with Crippen molar-refractivity contribution in [2.75, 3.05) is 6.54 Å². The highest BCUT2D eigenvalue weighted by atomic mass is 79.9. The standard InChI is InChI=1S/C15H22BrNO/c1-5-9-17-12(4)14-8-7-13(16)10-15(14)18-11(3)6-2/h6-8,10-12,17H,2,5,9H2,1,3-4H3. The zero-order valence-corrected chi connectivity index (χ0v) is 13.0. The molecule has 0 aliphatic heterocycles. The quantitative estimate of drug-likeness (QED) is 0.750. The van der Waals surface area contributed by atoms with E-state index in [1.54, 1.807) is 6.08 Å². The molecule has 2 unspecified atom stereocenters. The van der Waals surface area contributed by atoms with Crippen LogP contribution in [0, 0.1) is 0 Å². The maximum Gasteiger partial charge on any atom is 0.126 e. The highest BCUT2D eigenvalue weighted by Crippen LogP contribution is 2.29. The Balaban J connectivity index is 2.91. The Morgan fingerprint density at radius 2 is 2.17 bits per heavy atom. The monoisotopic (exact) mass is 311 g/mol. The van der Waals surface area contributed by atoms with Crippen LogP contribution in [0.15, 0.2) is 35.3 Å². The molecule has 0 heterocycles. The van der Waals surface area contributed by atoms with Gasteiger partial charge in [-0.15, -0.1) is 0 Å². The molecule has 2 atom stereocenters. The summed E-state index contributed by atoms with van der Waals surface area (Å²) < 4.78 is 6.92. The van der Waals surface area contributed by atoms with E-state index in [0.717, 1.165) is 23.2 Å². The molecular weight excluding hydrogens is 290 g/mol. The molecule has 1 aromatic rings. The lowest BCUT2D eigenvalue weighted by Crippen LogP contribution is -2.20. The van der Waals surface area contributed by atoms with Crippen LogP contribution in [0.25, 0.3) is 0 Å². The van der Waals surface area contributed by atoms with E-state index in [4.69, 9.17) is 4.74 Å². The molecule has 0 aromatic heterocycles. The van der Waals surface area contributed by atoms with Gasteiger partial charge in [-0.2, -0.15) is 0 Å². The first-order valence-corrected chi connectivity index (χ1v) is 7.19. The van der Waals surface area contributed by atoms with Crippen LogP contribution in [-0.4, -0.2) is 12.6 Å². The smallest absolute Gasteiger partial charge is 0.126 e. The number of nitrogens with one attached hydrogen (secondary N) is 1. The van der Waals surface area contributed by atoms with Crippen molar-refractivity contribution in [1.82, 2.24) is 5.32 Å². The summed E-state index contributed by atoms with van der Waals surface area (Å²) in [5.41, 5.74) is 1.18. The van der Waals surface area contributed by atoms with E-state index in [1.807, 2.05) is 19.1 Å². The SMILES string of the molecule is C=CC(C)Oc1cc(Br)ccc1C(C)NCCC. The largest absolute Gasteiger partial charge is 0.486 e. The fourth-order valence-electron chi connectivity index (χ4n) is 1.69. The van der Waals surface area contributed by atoms with Crippen molar-refractivity contribution >= 4 is 15.9 Å². The van der Waals surface area contributed by atoms with Crippen molar-refractivity contribution in [3.05, 3.63) is 40.9 Å². The molecule has 0 bridgehead atoms. The number of benzene rings is 1. The van der Waals surface area contributed by atoms with E-state index in [-0.39, 0.29) is 12.1 Å². The van der Waals surface area contributed by atoms with Gasteiger partial charge in [0.15, 0.2) is 0 Å². The molecule has 2 nitrogen and oxygen atoms in total. The second-order valence-electron chi connectivity index (χ2n) is 4.42. The maximum atomic E-state index is 5.89. The average Bonchev–Trinajstić information content (AvgIpc) is 2.36. The van der Waals surface area contributed by atoms with E-state index in [9.17, 15) is 0 Å². The molecule has 0 radical (unpaired) electrons. The first-order valence-electron chi connectivity index (χ1n) is 6.40. The molecule has 0 fully saturated rings. The van der Waals surface area contributed by atoms with Crippen molar-refractivity contribution in [2.24, 2.45) is 0 Å². The van der Waals surface area contributed by atoms with Crippen molar-refractivity contribution in [1.29, 1.82) is 0 Å². The summed E-state index contributed by atoms with van der Waals surface area (Å²) in [5, 5.41) is 3.48. The predicted molar refractivity (Wildman–Crippen MR) is 81.1 cm³/mol. The van der Waals surface area contributed by atoms with Crippen molar-refractivity contribution < 1.29 is 4.74 Å². The average molecular weight is 312 g/mol. The third-order valence-corrected chi connectivity index (χ3v) is 3.28. The topological polar surface area (TPSA) is 21.3 Å². The molecule has 3 heteroatoms. The molecule has 0 saturated carbocycles. The van der Waals surface area contributed by atoms with Gasteiger partial charge in [0.1, 0.15) is 11.9 Å². The molecule has 0 amide bonds. The van der Waals surface area contributed by atoms with Gasteiger partial charge in [-0.05, 0) is 38.9 Å². The van der Waals surface area contributed by atoms with Gasteiger partial charge in [0, 0.05) is 16.1 Å². The normalized spacial score (nSPS) is 14.0. The van der Waals surface area contributed by atoms with E-state index >= 15 is 0 Å². The van der Waals surface area contributed by atoms with Crippen LogP contribution in [0.5, 0.6) is 5.75 Å². The van der Waals surface area contributed by atoms with Crippen molar-refractivity contribution in [3.63, 3.8) is 0 Å². The Kier molecular flexibility index (Phi) is 6.44. The number of rotatable bonds is 7. The van der Waals surface area contributed by atoms with Gasteiger partial charge in [-0.3, -0.25) is 0 Å². The van der Waals surface area contributed by atoms with E-state index in [1.165, 1.54) is 5.56 Å². The molecule has 0 saturated heterocycles. The number of hydrogen-bond acceptors (Lipinski definition) is 2. The highest BCUT2D eigenvalue weighted by Gasteiger charge is 2.12. The minimum atomic E-state index is 0.0106. The first-order chi connectivity index (χ1) is 8.58. The van der Waals surface area contributed by atoms with Gasteiger partial charge in [-0.1, -0.05) is 41.6 Å². The Morgan fingerprint density at radius 3 is 2.78 bits per heavy atom. The van der Waals surface area contributed by atoms with Crippen LogP contribution in [-0.2, 0) is 0 Å². The van der Waals surface area contributed by atoms with E-state index in [0.29, 0.717) is 0 Å². The van der Waals surface area contributed by atoms with Crippen LogP contribution in [0.4, 0.5) is 0 Å². The molecule has 1 aromatic carbocycles. The van der Waals surface area contributed by atoms with Crippen molar-refractivity contribution in [3.8, 4) is 5.75 Å². The summed E-state index contributed by atoms with van der Waals surface area (Å²) in [5.74, 6) is 0.910. The zero-order chi connectivity index (χ0) is 13.5. The minimum Gasteiger partial charge on any atom is -0.486 e. The summed E-state index contributed by atoms with van der Waals surface area (Å²) in [7, 11) is 0. The molecule has 1 rings (SSSR count). The van der Waals surface area contributed by atoms with Crippen LogP contribution in [0.2, 0.25) is 0 Å². The molecule has 100 valence electrons. The summed E-state index contributed by atoms with van der Waals surface area (Å²) in [6.45, 7) is 11.1. The summed E-state index contributed by atoms with van der Waals surface area (Å²) >= 11 is 3.48. The van der Waals surface area contributed by atoms with E-state index < -0.39 is 0 Å². The lowest BCUT2D eigenvalue weighted by Gasteiger charge is -2.20. The third kappa shape index (κ3) is 4.46. The van der Waals surface area contributed by atoms with Gasteiger partial charge in [0.2, 0.25) is 0 Å². The minimum absolute atomic E-state index is 0.0106. The third-order valence-electron chi connectivity index (χ3n) is 2.79. The van der Waals surface area contributed by atoms with Gasteiger partial charge in [0.05, 0.1) is 0 Å². The lowest BCUT2D eigenvalue weighted by molar-refractivity contribution is 0.265. The highest BCUT2D eigenvalue weighted by molar-refractivity contribution is 9.10. The van der Waals surface area contributed by atoms with Gasteiger partial charge < -0.3 is 10.1 Å². The predicted octanol–water partition coefficient (Wildman–Crippen LogP) is 4.46. The second kappa shape index (κ2) is 7.59. The second-order valence-corrected chi connectivity index (χ2v) is 5.33. The van der Waals surface area contributed by atoms with Gasteiger partial charge in [-0.25, -0.2) is 0 Å². The maximum absolute atomic E-state index is 5.89. The Hall–Kier alpha value is -0.800. The fraction of sp³-hybridized carbons (Fsp3) is 0.467. The van der Waals surface area contributed by atoms with Gasteiger partial charge in [0.25, 0.3) is 0 Å². The first kappa shape index (κ1) is 15.3. The van der Waals surface area contributed by atoms with Crippen LogP contribution in [0.3, 0.4) is 0 Å². The van der Waals surface area contributed by atoms with Crippen LogP contribution >= 0.6 is 15.9 Å². The van der Waals surface area contributed by atoms with Crippen LogP contribution < -0.4 is 10.1 Å². The fourth-order valence-corrected chi connectivity index (χ4v) is 2.03. The summed E-state index contributed by atoms with van der Waals surface area (Å²) in [6.07, 6.45) is 2.94. The Bertz CT molecular complexity index is 392. The number of ether oxygens (including phenoxy) is 1. The lowest BCUT2D eigenvalue weighted by atomic mass is 10.1. The molecule has 18 heavy (non-hydrogen) atoms. The molecule has 0 aliphatic carbocycles. The van der Waals surface area contributed by atoms with Gasteiger partial charge >= 0.3 is 0 Å². The van der Waals surface area contributed by atoms with Crippen LogP contribution in [0.1, 0.15) is 38.8 Å². The molecule has 1 N–H and O–H groups in total. The summed E-state index contributed by atoms with van der Waals surface area (Å²) in [6, 6.07) is 6.44. The Morgan fingerprint density at radius 1 is 1.44 bits per heavy atom. The number of hydrogen-bond donors (Lipinski definition) is 1. The molecule has 0 aliphatic rings.